The molecule has 1 aromatic carbocycles. The summed E-state index contributed by atoms with van der Waals surface area (Å²) in [7, 11) is -2.24. The molecule has 0 bridgehead atoms. The number of phenols is 1. The van der Waals surface area contributed by atoms with Crippen LogP contribution >= 0.6 is 38.5 Å². The van der Waals surface area contributed by atoms with Gasteiger partial charge in [-0.05, 0) is 0 Å². The maximum absolute atomic E-state index is 12.2. The summed E-state index contributed by atoms with van der Waals surface area (Å²) in [5, 5.41) is 13.3. The van der Waals surface area contributed by atoms with E-state index in [1.54, 1.807) is 18.2 Å². The summed E-state index contributed by atoms with van der Waals surface area (Å²) < 4.78 is 4.88. The van der Waals surface area contributed by atoms with E-state index in [9.17, 15) is 9.90 Å². The molecule has 2 heterocycles. The van der Waals surface area contributed by atoms with Crippen molar-refractivity contribution in [2.24, 2.45) is 4.99 Å². The Labute approximate surface area is 193 Å². The van der Waals surface area contributed by atoms with Crippen LogP contribution in [0.4, 0.5) is 5.69 Å². The van der Waals surface area contributed by atoms with Gasteiger partial charge in [-0.1, -0.05) is 0 Å². The fourth-order valence-electron chi connectivity index (χ4n) is 4.29. The van der Waals surface area contributed by atoms with Crippen molar-refractivity contribution in [2.75, 3.05) is 0 Å². The molecule has 0 spiro atoms. The molecule has 0 saturated heterocycles. The van der Waals surface area contributed by atoms with Gasteiger partial charge < -0.3 is 0 Å². The summed E-state index contributed by atoms with van der Waals surface area (Å²) in [6.07, 6.45) is 5.27. The summed E-state index contributed by atoms with van der Waals surface area (Å²) in [5.41, 5.74) is 2.84. The van der Waals surface area contributed by atoms with E-state index in [2.05, 4.69) is 59.3 Å². The van der Waals surface area contributed by atoms with Crippen molar-refractivity contribution in [1.29, 1.82) is 0 Å². The van der Waals surface area contributed by atoms with Gasteiger partial charge in [-0.2, -0.15) is 0 Å². The number of aryl methyl sites for hydroxylation is 1. The molecule has 144 valence electrons. The summed E-state index contributed by atoms with van der Waals surface area (Å²) in [6.45, 7) is 6.60. The second-order valence-electron chi connectivity index (χ2n) is 7.05. The molecule has 2 aliphatic rings. The van der Waals surface area contributed by atoms with Crippen LogP contribution in [0.2, 0.25) is 12.1 Å². The summed E-state index contributed by atoms with van der Waals surface area (Å²) in [4.78, 5) is 17.1. The normalized spacial score (nSPS) is 17.1. The van der Waals surface area contributed by atoms with E-state index in [0.29, 0.717) is 5.75 Å². The van der Waals surface area contributed by atoms with Gasteiger partial charge in [-0.3, -0.25) is 0 Å². The number of allylic oxidation sites excluding steroid dienone is 4. The van der Waals surface area contributed by atoms with Gasteiger partial charge in [0.1, 0.15) is 0 Å². The summed E-state index contributed by atoms with van der Waals surface area (Å²) >= 11 is 6.33. The first-order valence-electron chi connectivity index (χ1n) is 9.18. The Morgan fingerprint density at radius 3 is 2.57 bits per heavy atom. The minimum absolute atomic E-state index is 0.0374. The number of nitrogens with zero attached hydrogens (tertiary/aromatic N) is 1. The van der Waals surface area contributed by atoms with E-state index in [0.717, 1.165) is 38.7 Å². The number of rotatable bonds is 3. The van der Waals surface area contributed by atoms with Crippen LogP contribution in [0.3, 0.4) is 0 Å². The third kappa shape index (κ3) is 2.93. The Morgan fingerprint density at radius 2 is 1.96 bits per heavy atom. The average Bonchev–Trinajstić information content (AvgIpc) is 2.94. The molecule has 2 aromatic rings. The first-order chi connectivity index (χ1) is 13.3. The molecule has 3 nitrogen and oxygen atoms in total. The monoisotopic (exact) mass is 631 g/mol. The zero-order valence-electron chi connectivity index (χ0n) is 15.8. The Kier molecular flexibility index (Phi) is 5.50. The van der Waals surface area contributed by atoms with Gasteiger partial charge in [0.25, 0.3) is 0 Å². The van der Waals surface area contributed by atoms with Gasteiger partial charge in [-0.25, -0.2) is 0 Å². The molecule has 7 heteroatoms. The molecule has 1 aliphatic carbocycles. The first kappa shape index (κ1) is 20.5. The fourth-order valence-corrected chi connectivity index (χ4v) is 13.7. The minimum atomic E-state index is -2.24. The van der Waals surface area contributed by atoms with Gasteiger partial charge in [0.05, 0.1) is 0 Å². The van der Waals surface area contributed by atoms with Gasteiger partial charge in [0.15, 0.2) is 0 Å². The van der Waals surface area contributed by atoms with Crippen LogP contribution in [0.1, 0.15) is 18.3 Å². The second kappa shape index (κ2) is 7.51. The van der Waals surface area contributed by atoms with E-state index < -0.39 is 8.07 Å². The van der Waals surface area contributed by atoms with Crippen molar-refractivity contribution in [1.82, 2.24) is 0 Å². The predicted octanol–water partition coefficient (Wildman–Crippen LogP) is 5.18. The van der Waals surface area contributed by atoms with Crippen LogP contribution in [0, 0.1) is 10.5 Å². The molecule has 0 fully saturated rings. The fraction of sp³-hybridized carbons (Fsp3) is 0.238. The second-order valence-corrected chi connectivity index (χ2v) is 16.1. The van der Waals surface area contributed by atoms with Gasteiger partial charge >= 0.3 is 195 Å². The number of aromatic hydroxyl groups is 1. The Hall–Kier alpha value is -0.734. The van der Waals surface area contributed by atoms with Gasteiger partial charge in [0.2, 0.25) is 0 Å². The first-order valence-corrected chi connectivity index (χ1v) is 15.2. The summed E-state index contributed by atoms with van der Waals surface area (Å²) in [6, 6.07) is 5.66. The van der Waals surface area contributed by atoms with Crippen LogP contribution in [-0.4, -0.2) is 39.2 Å². The van der Waals surface area contributed by atoms with Crippen LogP contribution in [0.25, 0.3) is 10.0 Å². The van der Waals surface area contributed by atoms with Crippen LogP contribution in [0.15, 0.2) is 45.0 Å². The number of fused-ring (bicyclic) bond motifs is 2. The Morgan fingerprint density at radius 1 is 1.25 bits per heavy atom. The number of carbonyl (C=O) groups is 1. The molecule has 1 aliphatic heterocycles. The molecule has 1 N–H and O–H groups in total. The van der Waals surface area contributed by atoms with Crippen molar-refractivity contribution in [3.8, 4) is 15.8 Å². The predicted molar refractivity (Wildman–Crippen MR) is 131 cm³/mol. The molecule has 0 saturated carbocycles. The van der Waals surface area contributed by atoms with E-state index in [4.69, 9.17) is 4.99 Å². The molecule has 0 amide bonds. The van der Waals surface area contributed by atoms with Crippen molar-refractivity contribution in [3.05, 3.63) is 48.0 Å². The quantitative estimate of drug-likeness (QED) is 0.289. The molecule has 0 radical (unpaired) electrons. The number of aliphatic imine (C=N–C) groups is 1. The van der Waals surface area contributed by atoms with Crippen LogP contribution in [-0.2, 0) is 4.79 Å². The van der Waals surface area contributed by atoms with Crippen molar-refractivity contribution >= 4 is 83.5 Å². The van der Waals surface area contributed by atoms with Gasteiger partial charge in [-0.15, -0.1) is 0 Å². The molecular formula is C21H19BrINO2SeSi. The van der Waals surface area contributed by atoms with E-state index >= 15 is 0 Å². The Bertz CT molecular complexity index is 1110. The molecule has 0 atom stereocenters. The van der Waals surface area contributed by atoms with E-state index in [1.807, 2.05) is 12.1 Å². The average molecular weight is 631 g/mol. The number of phenolic OH excluding ortho intramolecular Hbond substituents is 1. The zero-order chi connectivity index (χ0) is 20.2. The molecule has 1 aromatic heterocycles. The summed E-state index contributed by atoms with van der Waals surface area (Å²) in [5.74, 6) is 0.359. The van der Waals surface area contributed by atoms with Crippen LogP contribution < -0.4 is 5.19 Å². The number of hydrogen-bond acceptors (Lipinski definition) is 3. The van der Waals surface area contributed by atoms with Crippen LogP contribution in [0.5, 0.6) is 5.75 Å². The molecular weight excluding hydrogens is 612 g/mol. The van der Waals surface area contributed by atoms with Gasteiger partial charge in [0, 0.05) is 0 Å². The third-order valence-corrected chi connectivity index (χ3v) is 17.7. The van der Waals surface area contributed by atoms with E-state index in [1.165, 1.54) is 17.6 Å². The van der Waals surface area contributed by atoms with E-state index in [-0.39, 0.29) is 20.3 Å². The number of carbonyl (C=O) groups excluding carboxylic acids is 1. The SMILES string of the molecule is CC[Si]1(CC)C2=CC(=O)C=CC2=Nc2ccc(O)c(-c3[se]c(C)c(I)c3Br)c21. The molecule has 4 rings (SSSR count). The standard InChI is InChI=1S/C21H19BrINO2SeSi/c1-4-28(5-2)16-10-12(25)6-7-13(16)24-14-8-9-15(26)17(21(14)28)20-18(22)19(23)11(3)27-20/h6-10,26H,4-5H2,1-3H3. The van der Waals surface area contributed by atoms with Crippen molar-refractivity contribution in [2.45, 2.75) is 32.9 Å². The molecule has 0 unspecified atom stereocenters. The third-order valence-electron chi connectivity index (χ3n) is 5.75. The number of hydrogen-bond donors (Lipinski definition) is 1. The van der Waals surface area contributed by atoms with Crippen molar-refractivity contribution < 1.29 is 9.90 Å². The van der Waals surface area contributed by atoms with Crippen molar-refractivity contribution in [3.63, 3.8) is 0 Å². The number of ketones is 1. The molecule has 28 heavy (non-hydrogen) atoms. The number of benzene rings is 1. The number of halogens is 2. The zero-order valence-corrected chi connectivity index (χ0v) is 22.2. The topological polar surface area (TPSA) is 49.7 Å². The maximum atomic E-state index is 12.2. The Balaban J connectivity index is 2.14.